The largest absolute Gasteiger partial charge is 0.356 e. The molecule has 0 radical (unpaired) electrons. The molecule has 2 aliphatic rings. The van der Waals surface area contributed by atoms with Crippen molar-refractivity contribution in [2.75, 3.05) is 26.2 Å². The number of hydrogen-bond acceptors (Lipinski definition) is 2. The maximum atomic E-state index is 13.9. The van der Waals surface area contributed by atoms with Crippen LogP contribution in [0.2, 0.25) is 0 Å². The summed E-state index contributed by atoms with van der Waals surface area (Å²) in [7, 11) is 0. The fourth-order valence-corrected chi connectivity index (χ4v) is 4.48. The summed E-state index contributed by atoms with van der Waals surface area (Å²) in [5, 5.41) is 2.90. The van der Waals surface area contributed by atoms with Crippen LogP contribution in [-0.4, -0.2) is 37.0 Å². The Balaban J connectivity index is 1.86. The molecule has 1 N–H and O–H groups in total. The molecule has 126 valence electrons. The van der Waals surface area contributed by atoms with Gasteiger partial charge < -0.3 is 10.2 Å². The molecule has 0 aromatic heterocycles. The summed E-state index contributed by atoms with van der Waals surface area (Å²) in [5.74, 6) is 0.181. The van der Waals surface area contributed by atoms with E-state index in [1.807, 2.05) is 13.0 Å². The number of benzene rings is 1. The van der Waals surface area contributed by atoms with Crippen LogP contribution in [0.5, 0.6) is 0 Å². The van der Waals surface area contributed by atoms with E-state index >= 15 is 0 Å². The number of rotatable bonds is 4. The first-order valence-electron chi connectivity index (χ1n) is 8.87. The van der Waals surface area contributed by atoms with Gasteiger partial charge in [0, 0.05) is 13.0 Å². The summed E-state index contributed by atoms with van der Waals surface area (Å²) >= 11 is 0. The number of fused-ring (bicyclic) bond motifs is 2. The van der Waals surface area contributed by atoms with Crippen LogP contribution in [0, 0.1) is 5.82 Å². The van der Waals surface area contributed by atoms with Crippen molar-refractivity contribution in [1.29, 1.82) is 0 Å². The fourth-order valence-electron chi connectivity index (χ4n) is 4.48. The van der Waals surface area contributed by atoms with E-state index in [0.29, 0.717) is 13.0 Å². The topological polar surface area (TPSA) is 32.3 Å². The average molecular weight is 318 g/mol. The Morgan fingerprint density at radius 3 is 2.74 bits per heavy atom. The highest BCUT2D eigenvalue weighted by Crippen LogP contribution is 2.52. The number of amides is 1. The molecule has 1 aliphatic heterocycles. The highest BCUT2D eigenvalue weighted by molar-refractivity contribution is 5.77. The highest BCUT2D eigenvalue weighted by Gasteiger charge is 2.45. The number of likely N-dealkylation sites (tertiary alicyclic amines) is 1. The van der Waals surface area contributed by atoms with Gasteiger partial charge in [-0.3, -0.25) is 4.79 Å². The zero-order chi connectivity index (χ0) is 16.4. The van der Waals surface area contributed by atoms with Gasteiger partial charge in [-0.05, 0) is 80.4 Å². The van der Waals surface area contributed by atoms with E-state index in [0.717, 1.165) is 38.9 Å². The van der Waals surface area contributed by atoms with Crippen molar-refractivity contribution in [2.24, 2.45) is 0 Å². The number of halogens is 1. The molecule has 1 atom stereocenters. The molecule has 1 amide bonds. The van der Waals surface area contributed by atoms with Crippen LogP contribution < -0.4 is 5.32 Å². The van der Waals surface area contributed by atoms with E-state index in [2.05, 4.69) is 17.1 Å². The van der Waals surface area contributed by atoms with E-state index in [4.69, 9.17) is 0 Å². The quantitative estimate of drug-likeness (QED) is 0.924. The Labute approximate surface area is 138 Å². The predicted molar refractivity (Wildman–Crippen MR) is 90.1 cm³/mol. The normalized spacial score (nSPS) is 23.0. The SMILES string of the molecule is CCNC(=O)CC1CC2(CCN(CC)CC2)c2cc(F)ccc21. The minimum Gasteiger partial charge on any atom is -0.356 e. The second kappa shape index (κ2) is 6.60. The lowest BCUT2D eigenvalue weighted by Gasteiger charge is -2.40. The second-order valence-corrected chi connectivity index (χ2v) is 7.00. The molecular weight excluding hydrogens is 291 g/mol. The Morgan fingerprint density at radius 2 is 2.09 bits per heavy atom. The average Bonchev–Trinajstić information content (AvgIpc) is 2.81. The molecule has 1 aromatic rings. The van der Waals surface area contributed by atoms with Crippen molar-refractivity contribution in [1.82, 2.24) is 10.2 Å². The number of carbonyl (C=O) groups excluding carboxylic acids is 1. The van der Waals surface area contributed by atoms with Crippen LogP contribution >= 0.6 is 0 Å². The maximum absolute atomic E-state index is 13.9. The van der Waals surface area contributed by atoms with Crippen molar-refractivity contribution in [3.05, 3.63) is 35.1 Å². The molecule has 23 heavy (non-hydrogen) atoms. The molecule has 0 bridgehead atoms. The minimum absolute atomic E-state index is 0.0697. The summed E-state index contributed by atoms with van der Waals surface area (Å²) in [6, 6.07) is 5.19. The Hall–Kier alpha value is -1.42. The zero-order valence-electron chi connectivity index (χ0n) is 14.2. The van der Waals surface area contributed by atoms with Crippen LogP contribution in [0.4, 0.5) is 4.39 Å². The summed E-state index contributed by atoms with van der Waals surface area (Å²) in [5.41, 5.74) is 2.44. The number of piperidine rings is 1. The Morgan fingerprint density at radius 1 is 1.35 bits per heavy atom. The van der Waals surface area contributed by atoms with Gasteiger partial charge in [0.1, 0.15) is 5.82 Å². The van der Waals surface area contributed by atoms with Gasteiger partial charge in [-0.25, -0.2) is 4.39 Å². The summed E-state index contributed by atoms with van der Waals surface area (Å²) in [6.45, 7) is 8.02. The van der Waals surface area contributed by atoms with E-state index in [9.17, 15) is 9.18 Å². The lowest BCUT2D eigenvalue weighted by Crippen LogP contribution is -2.41. The van der Waals surface area contributed by atoms with Crippen molar-refractivity contribution in [3.63, 3.8) is 0 Å². The van der Waals surface area contributed by atoms with Crippen LogP contribution in [0.25, 0.3) is 0 Å². The highest BCUT2D eigenvalue weighted by atomic mass is 19.1. The Kier molecular flexibility index (Phi) is 4.72. The van der Waals surface area contributed by atoms with Crippen LogP contribution in [0.3, 0.4) is 0 Å². The molecule has 4 heteroatoms. The molecule has 3 rings (SSSR count). The summed E-state index contributed by atoms with van der Waals surface area (Å²) < 4.78 is 13.9. The minimum atomic E-state index is -0.153. The van der Waals surface area contributed by atoms with Gasteiger partial charge >= 0.3 is 0 Å². The van der Waals surface area contributed by atoms with E-state index < -0.39 is 0 Å². The van der Waals surface area contributed by atoms with E-state index in [-0.39, 0.29) is 23.1 Å². The zero-order valence-corrected chi connectivity index (χ0v) is 14.2. The molecule has 1 heterocycles. The molecule has 0 saturated carbocycles. The van der Waals surface area contributed by atoms with Crippen molar-refractivity contribution >= 4 is 5.91 Å². The third-order valence-electron chi connectivity index (χ3n) is 5.73. The van der Waals surface area contributed by atoms with Crippen molar-refractivity contribution in [2.45, 2.75) is 50.9 Å². The first-order chi connectivity index (χ1) is 11.1. The predicted octanol–water partition coefficient (Wildman–Crippen LogP) is 3.19. The van der Waals surface area contributed by atoms with E-state index in [1.165, 1.54) is 11.1 Å². The molecule has 1 fully saturated rings. The molecule has 3 nitrogen and oxygen atoms in total. The molecule has 1 aromatic carbocycles. The van der Waals surface area contributed by atoms with Crippen molar-refractivity contribution < 1.29 is 9.18 Å². The molecule has 1 saturated heterocycles. The monoisotopic (exact) mass is 318 g/mol. The smallest absolute Gasteiger partial charge is 0.220 e. The fraction of sp³-hybridized carbons (Fsp3) is 0.632. The molecule has 1 unspecified atom stereocenters. The molecular formula is C19H27FN2O. The van der Waals surface area contributed by atoms with Gasteiger partial charge in [0.05, 0.1) is 0 Å². The third kappa shape index (κ3) is 3.14. The van der Waals surface area contributed by atoms with Crippen molar-refractivity contribution in [3.8, 4) is 0 Å². The van der Waals surface area contributed by atoms with E-state index in [1.54, 1.807) is 12.1 Å². The standard InChI is InChI=1S/C19H27FN2O/c1-3-21-18(23)11-14-13-19(7-9-22(4-2)10-8-19)17-12-15(20)5-6-16(14)17/h5-6,12,14H,3-4,7-11,13H2,1-2H3,(H,21,23). The third-order valence-corrected chi connectivity index (χ3v) is 5.73. The van der Waals surface area contributed by atoms with Gasteiger partial charge in [0.2, 0.25) is 5.91 Å². The van der Waals surface area contributed by atoms with Crippen LogP contribution in [-0.2, 0) is 10.2 Å². The van der Waals surface area contributed by atoms with Gasteiger partial charge in [-0.15, -0.1) is 0 Å². The number of nitrogens with one attached hydrogen (secondary N) is 1. The van der Waals surface area contributed by atoms with Gasteiger partial charge in [0.15, 0.2) is 0 Å². The number of carbonyl (C=O) groups is 1. The van der Waals surface area contributed by atoms with Crippen LogP contribution in [0.1, 0.15) is 56.6 Å². The Bertz CT molecular complexity index is 579. The summed E-state index contributed by atoms with van der Waals surface area (Å²) in [4.78, 5) is 14.5. The maximum Gasteiger partial charge on any atom is 0.220 e. The number of nitrogens with zero attached hydrogens (tertiary/aromatic N) is 1. The van der Waals surface area contributed by atoms with Gasteiger partial charge in [-0.1, -0.05) is 13.0 Å². The first-order valence-corrected chi connectivity index (χ1v) is 8.87. The lowest BCUT2D eigenvalue weighted by molar-refractivity contribution is -0.121. The first kappa shape index (κ1) is 16.4. The van der Waals surface area contributed by atoms with Gasteiger partial charge in [-0.2, -0.15) is 0 Å². The second-order valence-electron chi connectivity index (χ2n) is 7.00. The molecule has 1 spiro atoms. The number of hydrogen-bond donors (Lipinski definition) is 1. The summed E-state index contributed by atoms with van der Waals surface area (Å²) in [6.07, 6.45) is 3.65. The van der Waals surface area contributed by atoms with Crippen LogP contribution in [0.15, 0.2) is 18.2 Å². The van der Waals surface area contributed by atoms with Gasteiger partial charge in [0.25, 0.3) is 0 Å². The molecule has 1 aliphatic carbocycles. The lowest BCUT2D eigenvalue weighted by atomic mass is 9.73.